The third-order valence-electron chi connectivity index (χ3n) is 4.90. The SMILES string of the molecule is O=C(c1ccc(-c2ccco2)[nH]c1=O)N1CCN(c2cccc([N+](=O)[O-])c2)CC1. The molecule has 9 heteroatoms. The van der Waals surface area contributed by atoms with Crippen molar-refractivity contribution in [3.05, 3.63) is 80.8 Å². The van der Waals surface area contributed by atoms with Crippen molar-refractivity contribution in [1.82, 2.24) is 9.88 Å². The topological polar surface area (TPSA) is 113 Å². The highest BCUT2D eigenvalue weighted by Gasteiger charge is 2.25. The molecule has 0 atom stereocenters. The first-order chi connectivity index (χ1) is 14.0. The minimum absolute atomic E-state index is 0.0317. The summed E-state index contributed by atoms with van der Waals surface area (Å²) in [5.74, 6) is 0.183. The molecule has 1 N–H and O–H groups in total. The maximum Gasteiger partial charge on any atom is 0.271 e. The Morgan fingerprint density at radius 3 is 2.52 bits per heavy atom. The number of aromatic nitrogens is 1. The molecule has 0 saturated carbocycles. The van der Waals surface area contributed by atoms with Crippen molar-refractivity contribution >= 4 is 17.3 Å². The first kappa shape index (κ1) is 18.5. The van der Waals surface area contributed by atoms with Crippen LogP contribution in [0.1, 0.15) is 10.4 Å². The number of piperazine rings is 1. The summed E-state index contributed by atoms with van der Waals surface area (Å²) in [5, 5.41) is 11.0. The Kier molecular flexibility index (Phi) is 4.86. The predicted molar refractivity (Wildman–Crippen MR) is 106 cm³/mol. The Morgan fingerprint density at radius 1 is 1.07 bits per heavy atom. The van der Waals surface area contributed by atoms with Crippen molar-refractivity contribution in [3.8, 4) is 11.5 Å². The fourth-order valence-electron chi connectivity index (χ4n) is 3.36. The van der Waals surface area contributed by atoms with Gasteiger partial charge in [-0.3, -0.25) is 19.7 Å². The molecule has 1 amide bonds. The van der Waals surface area contributed by atoms with E-state index >= 15 is 0 Å². The van der Waals surface area contributed by atoms with E-state index in [1.165, 1.54) is 24.5 Å². The van der Waals surface area contributed by atoms with Crippen molar-refractivity contribution in [2.24, 2.45) is 0 Å². The summed E-state index contributed by atoms with van der Waals surface area (Å²) in [6, 6.07) is 13.0. The number of nitro groups is 1. The van der Waals surface area contributed by atoms with Crippen molar-refractivity contribution in [1.29, 1.82) is 0 Å². The number of carbonyl (C=O) groups is 1. The Bertz CT molecular complexity index is 1100. The third-order valence-corrected chi connectivity index (χ3v) is 4.90. The summed E-state index contributed by atoms with van der Waals surface area (Å²) < 4.78 is 5.26. The van der Waals surface area contributed by atoms with Gasteiger partial charge in [0, 0.05) is 44.0 Å². The van der Waals surface area contributed by atoms with Gasteiger partial charge in [0.25, 0.3) is 17.2 Å². The van der Waals surface area contributed by atoms with Crippen LogP contribution in [0.4, 0.5) is 11.4 Å². The molecule has 4 rings (SSSR count). The Labute approximate surface area is 165 Å². The molecule has 3 heterocycles. The lowest BCUT2D eigenvalue weighted by molar-refractivity contribution is -0.384. The van der Waals surface area contributed by atoms with Gasteiger partial charge in [0.15, 0.2) is 0 Å². The number of pyridine rings is 1. The number of furan rings is 1. The van der Waals surface area contributed by atoms with Crippen LogP contribution in [0.2, 0.25) is 0 Å². The lowest BCUT2D eigenvalue weighted by Crippen LogP contribution is -2.49. The van der Waals surface area contributed by atoms with Crippen molar-refractivity contribution < 1.29 is 14.1 Å². The number of anilines is 1. The molecule has 2 aromatic heterocycles. The van der Waals surface area contributed by atoms with E-state index in [4.69, 9.17) is 4.42 Å². The molecule has 1 aliphatic heterocycles. The van der Waals surface area contributed by atoms with Gasteiger partial charge in [0.1, 0.15) is 11.3 Å². The first-order valence-electron chi connectivity index (χ1n) is 9.09. The number of H-pyrrole nitrogens is 1. The number of non-ortho nitro benzene ring substituents is 1. The van der Waals surface area contributed by atoms with E-state index < -0.39 is 10.5 Å². The standard InChI is InChI=1S/C20H18N4O5/c25-19-16(6-7-17(21-19)18-5-2-12-29-18)20(26)23-10-8-22(9-11-23)14-3-1-4-15(13-14)24(27)28/h1-7,12-13H,8-11H2,(H,21,25). The van der Waals surface area contributed by atoms with Gasteiger partial charge in [0.05, 0.1) is 16.9 Å². The normalized spacial score (nSPS) is 14.1. The van der Waals surface area contributed by atoms with Gasteiger partial charge in [-0.2, -0.15) is 0 Å². The van der Waals surface area contributed by atoms with Gasteiger partial charge in [-0.1, -0.05) is 6.07 Å². The molecule has 1 fully saturated rings. The zero-order valence-electron chi connectivity index (χ0n) is 15.4. The molecule has 9 nitrogen and oxygen atoms in total. The number of benzene rings is 1. The van der Waals surface area contributed by atoms with Crippen LogP contribution in [0.25, 0.3) is 11.5 Å². The lowest BCUT2D eigenvalue weighted by Gasteiger charge is -2.36. The quantitative estimate of drug-likeness (QED) is 0.537. The van der Waals surface area contributed by atoms with Crippen LogP contribution in [0.5, 0.6) is 0 Å². The van der Waals surface area contributed by atoms with E-state index in [0.717, 1.165) is 5.69 Å². The van der Waals surface area contributed by atoms with Crippen LogP contribution in [0, 0.1) is 10.1 Å². The van der Waals surface area contributed by atoms with Crippen molar-refractivity contribution in [3.63, 3.8) is 0 Å². The highest BCUT2D eigenvalue weighted by Crippen LogP contribution is 2.22. The van der Waals surface area contributed by atoms with Crippen LogP contribution in [-0.4, -0.2) is 46.9 Å². The third kappa shape index (κ3) is 3.75. The van der Waals surface area contributed by atoms with Gasteiger partial charge in [-0.05, 0) is 30.3 Å². The van der Waals surface area contributed by atoms with Gasteiger partial charge in [-0.15, -0.1) is 0 Å². The fraction of sp³-hybridized carbons (Fsp3) is 0.200. The lowest BCUT2D eigenvalue weighted by atomic mass is 10.1. The summed E-state index contributed by atoms with van der Waals surface area (Å²) in [7, 11) is 0. The molecule has 29 heavy (non-hydrogen) atoms. The minimum atomic E-state index is -0.468. The van der Waals surface area contributed by atoms with Crippen LogP contribution >= 0.6 is 0 Å². The van der Waals surface area contributed by atoms with E-state index in [0.29, 0.717) is 37.6 Å². The van der Waals surface area contributed by atoms with Gasteiger partial charge < -0.3 is 19.2 Å². The van der Waals surface area contributed by atoms with Gasteiger partial charge in [0.2, 0.25) is 0 Å². The van der Waals surface area contributed by atoms with E-state index in [2.05, 4.69) is 4.98 Å². The number of hydrogen-bond acceptors (Lipinski definition) is 6. The second kappa shape index (κ2) is 7.63. The van der Waals surface area contributed by atoms with E-state index in [1.54, 1.807) is 29.2 Å². The minimum Gasteiger partial charge on any atom is -0.463 e. The van der Waals surface area contributed by atoms with Crippen molar-refractivity contribution in [2.75, 3.05) is 31.1 Å². The molecule has 0 unspecified atom stereocenters. The number of hydrogen-bond donors (Lipinski definition) is 1. The first-order valence-corrected chi connectivity index (χ1v) is 9.09. The number of amides is 1. The van der Waals surface area contributed by atoms with E-state index in [9.17, 15) is 19.7 Å². The van der Waals surface area contributed by atoms with Crippen LogP contribution in [0.15, 0.2) is 64.0 Å². The van der Waals surface area contributed by atoms with Crippen LogP contribution in [0.3, 0.4) is 0 Å². The second-order valence-electron chi connectivity index (χ2n) is 6.65. The largest absolute Gasteiger partial charge is 0.463 e. The van der Waals surface area contributed by atoms with Crippen LogP contribution in [-0.2, 0) is 0 Å². The summed E-state index contributed by atoms with van der Waals surface area (Å²) >= 11 is 0. The number of nitrogens with one attached hydrogen (secondary N) is 1. The molecule has 1 aliphatic rings. The maximum atomic E-state index is 12.8. The summed E-state index contributed by atoms with van der Waals surface area (Å²) in [6.07, 6.45) is 1.51. The number of nitrogens with zero attached hydrogens (tertiary/aromatic N) is 3. The average Bonchev–Trinajstić information content (AvgIpc) is 3.28. The highest BCUT2D eigenvalue weighted by atomic mass is 16.6. The zero-order valence-corrected chi connectivity index (χ0v) is 15.4. The van der Waals surface area contributed by atoms with Gasteiger partial charge >= 0.3 is 0 Å². The molecule has 1 saturated heterocycles. The molecule has 0 bridgehead atoms. The molecule has 0 radical (unpaired) electrons. The number of carbonyl (C=O) groups excluding carboxylic acids is 1. The number of rotatable bonds is 4. The van der Waals surface area contributed by atoms with E-state index in [1.807, 2.05) is 11.0 Å². The Balaban J connectivity index is 1.45. The molecule has 3 aromatic rings. The molecule has 0 spiro atoms. The monoisotopic (exact) mass is 394 g/mol. The zero-order chi connectivity index (χ0) is 20.4. The van der Waals surface area contributed by atoms with Gasteiger partial charge in [-0.25, -0.2) is 0 Å². The highest BCUT2D eigenvalue weighted by molar-refractivity contribution is 5.94. The predicted octanol–water partition coefficient (Wildman–Crippen LogP) is 2.51. The molecule has 0 aliphatic carbocycles. The Hall–Kier alpha value is -3.88. The maximum absolute atomic E-state index is 12.8. The Morgan fingerprint density at radius 2 is 1.86 bits per heavy atom. The van der Waals surface area contributed by atoms with Crippen molar-refractivity contribution in [2.45, 2.75) is 0 Å². The second-order valence-corrected chi connectivity index (χ2v) is 6.65. The molecular formula is C20H18N4O5. The molecule has 1 aromatic carbocycles. The van der Waals surface area contributed by atoms with E-state index in [-0.39, 0.29) is 17.2 Å². The summed E-state index contributed by atoms with van der Waals surface area (Å²) in [6.45, 7) is 1.88. The fourth-order valence-corrected chi connectivity index (χ4v) is 3.36. The number of nitro benzene ring substituents is 1. The number of aromatic amines is 1. The molecular weight excluding hydrogens is 376 g/mol. The average molecular weight is 394 g/mol. The summed E-state index contributed by atoms with van der Waals surface area (Å²) in [4.78, 5) is 42.0. The smallest absolute Gasteiger partial charge is 0.271 e. The van der Waals surface area contributed by atoms with Crippen LogP contribution < -0.4 is 10.5 Å². The molecule has 148 valence electrons. The summed E-state index contributed by atoms with van der Waals surface area (Å²) in [5.41, 5.74) is 0.886.